The molecule has 1 heterocycles. The van der Waals surface area contributed by atoms with E-state index in [0.29, 0.717) is 18.8 Å². The van der Waals surface area contributed by atoms with Crippen LogP contribution in [0.1, 0.15) is 27.2 Å². The topological polar surface area (TPSA) is 97.0 Å². The van der Waals surface area contributed by atoms with Crippen LogP contribution < -0.4 is 15.4 Å². The lowest BCUT2D eigenvalue weighted by molar-refractivity contribution is -0.148. The van der Waals surface area contributed by atoms with E-state index in [9.17, 15) is 14.4 Å². The summed E-state index contributed by atoms with van der Waals surface area (Å²) >= 11 is 5.30. The van der Waals surface area contributed by atoms with E-state index in [1.807, 2.05) is 18.2 Å². The van der Waals surface area contributed by atoms with Crippen molar-refractivity contribution in [2.45, 2.75) is 33.2 Å². The molecule has 1 saturated heterocycles. The molecule has 158 valence electrons. The summed E-state index contributed by atoms with van der Waals surface area (Å²) in [5.41, 5.74) is -0.630. The van der Waals surface area contributed by atoms with Crippen LogP contribution in [0.5, 0.6) is 5.75 Å². The molecule has 0 aliphatic carbocycles. The Morgan fingerprint density at radius 1 is 1.24 bits per heavy atom. The predicted octanol–water partition coefficient (Wildman–Crippen LogP) is 1.25. The Balaban J connectivity index is 1.86. The molecule has 0 aromatic heterocycles. The number of hydrogen-bond donors (Lipinski definition) is 2. The molecule has 2 N–H and O–H groups in total. The molecule has 1 atom stereocenters. The second-order valence-electron chi connectivity index (χ2n) is 7.60. The largest absolute Gasteiger partial charge is 0.490 e. The molecule has 1 aromatic carbocycles. The standard InChI is InChI=1S/C20H27N3O5S/c1-20(2,3)18(26)22-19(29)23-10-9-21-17(25)15(23)13-16(24)28-12-11-27-14-7-5-4-6-8-14/h4-8,15H,9-13H2,1-3H3,(H,21,25)(H,22,26,29)/t15-/m0/s1. The second kappa shape index (κ2) is 10.2. The van der Waals surface area contributed by atoms with Gasteiger partial charge >= 0.3 is 5.97 Å². The molecule has 1 aliphatic heterocycles. The zero-order chi connectivity index (χ0) is 21.4. The highest BCUT2D eigenvalue weighted by Crippen LogP contribution is 2.15. The third-order valence-corrected chi connectivity index (χ3v) is 4.55. The van der Waals surface area contributed by atoms with Gasteiger partial charge in [0.2, 0.25) is 11.8 Å². The number of carbonyl (C=O) groups excluding carboxylic acids is 3. The van der Waals surface area contributed by atoms with Crippen molar-refractivity contribution in [3.63, 3.8) is 0 Å². The summed E-state index contributed by atoms with van der Waals surface area (Å²) in [6, 6.07) is 8.34. The van der Waals surface area contributed by atoms with Gasteiger partial charge in [0.1, 0.15) is 25.0 Å². The average Bonchev–Trinajstić information content (AvgIpc) is 2.67. The zero-order valence-electron chi connectivity index (χ0n) is 16.9. The van der Waals surface area contributed by atoms with E-state index in [4.69, 9.17) is 21.7 Å². The van der Waals surface area contributed by atoms with Crippen LogP contribution in [-0.2, 0) is 19.1 Å². The van der Waals surface area contributed by atoms with Crippen molar-refractivity contribution < 1.29 is 23.9 Å². The summed E-state index contributed by atoms with van der Waals surface area (Å²) in [6.07, 6.45) is -0.178. The molecule has 0 unspecified atom stereocenters. The Hall–Kier alpha value is -2.68. The molecular formula is C20H27N3O5S. The number of esters is 1. The third kappa shape index (κ3) is 7.01. The predicted molar refractivity (Wildman–Crippen MR) is 111 cm³/mol. The van der Waals surface area contributed by atoms with Crippen molar-refractivity contribution in [2.24, 2.45) is 5.41 Å². The molecular weight excluding hydrogens is 394 g/mol. The van der Waals surface area contributed by atoms with E-state index >= 15 is 0 Å². The van der Waals surface area contributed by atoms with Gasteiger partial charge in [0.05, 0.1) is 6.42 Å². The van der Waals surface area contributed by atoms with Crippen molar-refractivity contribution in [3.05, 3.63) is 30.3 Å². The van der Waals surface area contributed by atoms with Crippen LogP contribution in [0.15, 0.2) is 30.3 Å². The van der Waals surface area contributed by atoms with E-state index in [0.717, 1.165) is 0 Å². The van der Waals surface area contributed by atoms with Crippen molar-refractivity contribution in [1.82, 2.24) is 15.5 Å². The van der Waals surface area contributed by atoms with E-state index in [-0.39, 0.29) is 36.6 Å². The van der Waals surface area contributed by atoms with Gasteiger partial charge in [-0.1, -0.05) is 39.0 Å². The number of thiocarbonyl (C=S) groups is 1. The number of nitrogens with one attached hydrogen (secondary N) is 2. The molecule has 9 heteroatoms. The van der Waals surface area contributed by atoms with Crippen molar-refractivity contribution >= 4 is 35.1 Å². The fourth-order valence-electron chi connectivity index (χ4n) is 2.57. The Morgan fingerprint density at radius 2 is 1.93 bits per heavy atom. The number of amides is 2. The van der Waals surface area contributed by atoms with Crippen LogP contribution in [0, 0.1) is 5.41 Å². The highest BCUT2D eigenvalue weighted by Gasteiger charge is 2.35. The van der Waals surface area contributed by atoms with Crippen LogP contribution in [0.2, 0.25) is 0 Å². The van der Waals surface area contributed by atoms with Crippen molar-refractivity contribution in [3.8, 4) is 5.75 Å². The maximum atomic E-state index is 12.3. The Bertz CT molecular complexity index is 748. The Kier molecular flexibility index (Phi) is 7.95. The molecule has 1 fully saturated rings. The van der Waals surface area contributed by atoms with Crippen molar-refractivity contribution in [1.29, 1.82) is 0 Å². The van der Waals surface area contributed by atoms with E-state index in [2.05, 4.69) is 10.6 Å². The minimum Gasteiger partial charge on any atom is -0.490 e. The highest BCUT2D eigenvalue weighted by atomic mass is 32.1. The monoisotopic (exact) mass is 421 g/mol. The van der Waals surface area contributed by atoms with E-state index in [1.54, 1.807) is 37.8 Å². The number of piperazine rings is 1. The first kappa shape index (κ1) is 22.6. The second-order valence-corrected chi connectivity index (χ2v) is 7.98. The SMILES string of the molecule is CC(C)(C)C(=O)NC(=S)N1CCNC(=O)[C@@H]1CC(=O)OCCOc1ccccc1. The number of rotatable bonds is 6. The lowest BCUT2D eigenvalue weighted by atomic mass is 9.96. The Morgan fingerprint density at radius 3 is 2.59 bits per heavy atom. The fourth-order valence-corrected chi connectivity index (χ4v) is 2.88. The van der Waals surface area contributed by atoms with Crippen LogP contribution >= 0.6 is 12.2 Å². The van der Waals surface area contributed by atoms with Gasteiger partial charge in [-0.25, -0.2) is 0 Å². The van der Waals surface area contributed by atoms with E-state index < -0.39 is 17.4 Å². The third-order valence-electron chi connectivity index (χ3n) is 4.21. The molecule has 0 bridgehead atoms. The first-order valence-electron chi connectivity index (χ1n) is 9.41. The fraction of sp³-hybridized carbons (Fsp3) is 0.500. The summed E-state index contributed by atoms with van der Waals surface area (Å²) in [4.78, 5) is 38.2. The summed E-state index contributed by atoms with van der Waals surface area (Å²) < 4.78 is 10.6. The van der Waals surface area contributed by atoms with Gasteiger partial charge < -0.3 is 25.0 Å². The van der Waals surface area contributed by atoms with Gasteiger partial charge in [-0.05, 0) is 24.4 Å². The summed E-state index contributed by atoms with van der Waals surface area (Å²) in [7, 11) is 0. The van der Waals surface area contributed by atoms with Crippen molar-refractivity contribution in [2.75, 3.05) is 26.3 Å². The maximum absolute atomic E-state index is 12.3. The first-order valence-corrected chi connectivity index (χ1v) is 9.82. The van der Waals surface area contributed by atoms with E-state index in [1.165, 1.54) is 0 Å². The van der Waals surface area contributed by atoms with Gasteiger partial charge in [0, 0.05) is 18.5 Å². The zero-order valence-corrected chi connectivity index (χ0v) is 17.7. The summed E-state index contributed by atoms with van der Waals surface area (Å²) in [6.45, 7) is 6.33. The number of benzene rings is 1. The smallest absolute Gasteiger partial charge is 0.308 e. The molecule has 0 spiro atoms. The number of carbonyl (C=O) groups is 3. The summed E-state index contributed by atoms with van der Waals surface area (Å²) in [5, 5.41) is 5.49. The van der Waals surface area contributed by atoms with Gasteiger partial charge in [-0.2, -0.15) is 0 Å². The molecule has 8 nitrogen and oxygen atoms in total. The first-order chi connectivity index (χ1) is 13.7. The highest BCUT2D eigenvalue weighted by molar-refractivity contribution is 7.80. The van der Waals surface area contributed by atoms with Gasteiger partial charge in [0.25, 0.3) is 0 Å². The number of para-hydroxylation sites is 1. The number of hydrogen-bond acceptors (Lipinski definition) is 6. The minimum atomic E-state index is -0.834. The van der Waals surface area contributed by atoms with Gasteiger partial charge in [-0.3, -0.25) is 14.4 Å². The molecule has 0 saturated carbocycles. The molecule has 0 radical (unpaired) electrons. The molecule has 29 heavy (non-hydrogen) atoms. The molecule has 2 amide bonds. The Labute approximate surface area is 175 Å². The van der Waals surface area contributed by atoms with Crippen LogP contribution in [0.4, 0.5) is 0 Å². The van der Waals surface area contributed by atoms with Crippen LogP contribution in [0.3, 0.4) is 0 Å². The quantitative estimate of drug-likeness (QED) is 0.405. The lowest BCUT2D eigenvalue weighted by Crippen LogP contribution is -2.61. The average molecular weight is 422 g/mol. The minimum absolute atomic E-state index is 0.0628. The molecule has 2 rings (SSSR count). The number of nitrogens with zero attached hydrogens (tertiary/aromatic N) is 1. The van der Waals surface area contributed by atoms with Gasteiger partial charge in [-0.15, -0.1) is 0 Å². The van der Waals surface area contributed by atoms with Crippen LogP contribution in [-0.4, -0.2) is 60.1 Å². The number of ether oxygens (including phenoxy) is 2. The normalized spacial score (nSPS) is 16.6. The maximum Gasteiger partial charge on any atom is 0.308 e. The van der Waals surface area contributed by atoms with Gasteiger partial charge in [0.15, 0.2) is 5.11 Å². The molecule has 1 aromatic rings. The lowest BCUT2D eigenvalue weighted by Gasteiger charge is -2.36. The molecule has 1 aliphatic rings. The summed E-state index contributed by atoms with van der Waals surface area (Å²) in [5.74, 6) is -0.450. The van der Waals surface area contributed by atoms with Crippen LogP contribution in [0.25, 0.3) is 0 Å².